The van der Waals surface area contributed by atoms with Crippen LogP contribution in [0.15, 0.2) is 72.9 Å². The number of hydrogen-bond donors (Lipinski definition) is 0. The quantitative estimate of drug-likeness (QED) is 0.448. The van der Waals surface area contributed by atoms with E-state index in [1.165, 1.54) is 0 Å². The Bertz CT molecular complexity index is 1280. The fourth-order valence-corrected chi connectivity index (χ4v) is 3.85. The molecule has 32 heavy (non-hydrogen) atoms. The second-order valence-electron chi connectivity index (χ2n) is 7.82. The number of carbonyl (C=O) groups is 2. The topological polar surface area (TPSA) is 83.3 Å². The van der Waals surface area contributed by atoms with Crippen molar-refractivity contribution in [1.29, 1.82) is 0 Å². The van der Waals surface area contributed by atoms with Gasteiger partial charge in [-0.2, -0.15) is 5.10 Å². The molecule has 0 bridgehead atoms. The predicted octanol–water partition coefficient (Wildman–Crippen LogP) is 4.01. The summed E-state index contributed by atoms with van der Waals surface area (Å²) < 4.78 is 12.4. The summed E-state index contributed by atoms with van der Waals surface area (Å²) in [5.74, 6) is -1.11. The van der Waals surface area contributed by atoms with E-state index >= 15 is 0 Å². The third-order valence-corrected chi connectivity index (χ3v) is 5.45. The van der Waals surface area contributed by atoms with Crippen LogP contribution in [-0.2, 0) is 20.8 Å². The first-order chi connectivity index (χ1) is 15.6. The third kappa shape index (κ3) is 3.85. The van der Waals surface area contributed by atoms with E-state index in [2.05, 4.69) is 5.10 Å². The van der Waals surface area contributed by atoms with Crippen LogP contribution in [0.4, 0.5) is 0 Å². The highest BCUT2D eigenvalue weighted by Gasteiger charge is 2.35. The molecule has 4 aromatic rings. The number of ether oxygens (including phenoxy) is 2. The van der Waals surface area contributed by atoms with Crippen molar-refractivity contribution < 1.29 is 19.1 Å². The summed E-state index contributed by atoms with van der Waals surface area (Å²) >= 11 is 0. The van der Waals surface area contributed by atoms with E-state index in [1.807, 2.05) is 60.7 Å². The third-order valence-electron chi connectivity index (χ3n) is 5.45. The maximum atomic E-state index is 13.1. The van der Waals surface area contributed by atoms with Gasteiger partial charge >= 0.3 is 11.9 Å². The molecule has 7 nitrogen and oxygen atoms in total. The molecule has 2 atom stereocenters. The standard InChI is InChI=1S/C25H21N3O4/c1-16-12-22(25(30)31-16)32-24(29)19-13-21(18-10-6-3-7-11-18)27-23-20(19)14-26-28(23)15-17-8-4-2-5-9-17/h2-11,13-14,16,22H,12,15H2,1H3. The van der Waals surface area contributed by atoms with Gasteiger partial charge in [-0.05, 0) is 18.6 Å². The number of benzene rings is 2. The van der Waals surface area contributed by atoms with Crippen molar-refractivity contribution in [3.63, 3.8) is 0 Å². The van der Waals surface area contributed by atoms with Crippen LogP contribution in [0.5, 0.6) is 0 Å². The van der Waals surface area contributed by atoms with Gasteiger partial charge in [0.05, 0.1) is 29.4 Å². The van der Waals surface area contributed by atoms with E-state index < -0.39 is 18.0 Å². The zero-order valence-electron chi connectivity index (χ0n) is 17.5. The van der Waals surface area contributed by atoms with E-state index in [0.29, 0.717) is 35.3 Å². The maximum absolute atomic E-state index is 13.1. The number of pyridine rings is 1. The zero-order valence-corrected chi connectivity index (χ0v) is 17.5. The van der Waals surface area contributed by atoms with Gasteiger partial charge in [-0.25, -0.2) is 19.3 Å². The Morgan fingerprint density at radius 2 is 1.84 bits per heavy atom. The van der Waals surface area contributed by atoms with Crippen molar-refractivity contribution in [3.05, 3.63) is 84.1 Å². The first kappa shape index (κ1) is 19.9. The first-order valence-electron chi connectivity index (χ1n) is 10.5. The summed E-state index contributed by atoms with van der Waals surface area (Å²) in [4.78, 5) is 29.9. The molecule has 2 aromatic heterocycles. The summed E-state index contributed by atoms with van der Waals surface area (Å²) in [5, 5.41) is 5.06. The van der Waals surface area contributed by atoms with Crippen LogP contribution in [-0.4, -0.2) is 38.9 Å². The molecule has 1 aliphatic heterocycles. The molecule has 0 saturated carbocycles. The number of hydrogen-bond acceptors (Lipinski definition) is 6. The summed E-state index contributed by atoms with van der Waals surface area (Å²) in [6.45, 7) is 2.29. The van der Waals surface area contributed by atoms with Crippen LogP contribution in [0.25, 0.3) is 22.3 Å². The zero-order chi connectivity index (χ0) is 22.1. The van der Waals surface area contributed by atoms with Gasteiger partial charge < -0.3 is 9.47 Å². The summed E-state index contributed by atoms with van der Waals surface area (Å²) in [6.07, 6.45) is 0.788. The molecule has 5 rings (SSSR count). The van der Waals surface area contributed by atoms with Gasteiger partial charge in [0.2, 0.25) is 6.10 Å². The molecule has 1 aliphatic rings. The largest absolute Gasteiger partial charge is 0.460 e. The lowest BCUT2D eigenvalue weighted by atomic mass is 10.1. The SMILES string of the molecule is CC1CC(OC(=O)c2cc(-c3ccccc3)nc3c2cnn3Cc2ccccc2)C(=O)O1. The lowest BCUT2D eigenvalue weighted by molar-refractivity contribution is -0.147. The number of rotatable bonds is 5. The van der Waals surface area contributed by atoms with E-state index in [1.54, 1.807) is 23.9 Å². The van der Waals surface area contributed by atoms with Crippen molar-refractivity contribution >= 4 is 23.0 Å². The van der Waals surface area contributed by atoms with E-state index in [4.69, 9.17) is 14.5 Å². The molecule has 0 amide bonds. The van der Waals surface area contributed by atoms with Crippen LogP contribution in [0.3, 0.4) is 0 Å². The number of esters is 2. The molecule has 1 saturated heterocycles. The highest BCUT2D eigenvalue weighted by molar-refractivity contribution is 6.04. The second kappa shape index (κ2) is 8.26. The minimum atomic E-state index is -0.903. The number of carbonyl (C=O) groups excluding carboxylic acids is 2. The first-order valence-corrected chi connectivity index (χ1v) is 10.5. The summed E-state index contributed by atoms with van der Waals surface area (Å²) in [7, 11) is 0. The van der Waals surface area contributed by atoms with Gasteiger partial charge in [0.25, 0.3) is 0 Å². The number of aromatic nitrogens is 3. The summed E-state index contributed by atoms with van der Waals surface area (Å²) in [5.41, 5.74) is 3.45. The Labute approximate surface area is 184 Å². The molecule has 0 radical (unpaired) electrons. The predicted molar refractivity (Wildman–Crippen MR) is 118 cm³/mol. The number of nitrogens with zero attached hydrogens (tertiary/aromatic N) is 3. The molecule has 1 fully saturated rings. The monoisotopic (exact) mass is 427 g/mol. The molecule has 0 spiro atoms. The molecule has 2 unspecified atom stereocenters. The molecule has 0 N–H and O–H groups in total. The molecular formula is C25H21N3O4. The van der Waals surface area contributed by atoms with Crippen molar-refractivity contribution in [1.82, 2.24) is 14.8 Å². The maximum Gasteiger partial charge on any atom is 0.347 e. The Balaban J connectivity index is 1.58. The molecule has 2 aromatic carbocycles. The lowest BCUT2D eigenvalue weighted by Gasteiger charge is -2.11. The van der Waals surface area contributed by atoms with Crippen molar-refractivity contribution in [2.24, 2.45) is 0 Å². The van der Waals surface area contributed by atoms with Gasteiger partial charge in [-0.15, -0.1) is 0 Å². The van der Waals surface area contributed by atoms with Gasteiger partial charge in [0.1, 0.15) is 6.10 Å². The van der Waals surface area contributed by atoms with Crippen LogP contribution >= 0.6 is 0 Å². The Morgan fingerprint density at radius 1 is 1.12 bits per heavy atom. The highest BCUT2D eigenvalue weighted by Crippen LogP contribution is 2.27. The van der Waals surface area contributed by atoms with E-state index in [9.17, 15) is 9.59 Å². The minimum Gasteiger partial charge on any atom is -0.460 e. The Kier molecular flexibility index (Phi) is 5.15. The van der Waals surface area contributed by atoms with Gasteiger partial charge in [-0.3, -0.25) is 0 Å². The molecule has 160 valence electrons. The number of cyclic esters (lactones) is 1. The smallest absolute Gasteiger partial charge is 0.347 e. The second-order valence-corrected chi connectivity index (χ2v) is 7.82. The van der Waals surface area contributed by atoms with Crippen LogP contribution in [0, 0.1) is 0 Å². The van der Waals surface area contributed by atoms with Gasteiger partial charge in [0, 0.05) is 12.0 Å². The van der Waals surface area contributed by atoms with E-state index in [-0.39, 0.29) is 6.10 Å². The van der Waals surface area contributed by atoms with Crippen LogP contribution < -0.4 is 0 Å². The van der Waals surface area contributed by atoms with E-state index in [0.717, 1.165) is 11.1 Å². The molecule has 3 heterocycles. The molecule has 7 heteroatoms. The fourth-order valence-electron chi connectivity index (χ4n) is 3.85. The van der Waals surface area contributed by atoms with Crippen molar-refractivity contribution in [2.45, 2.75) is 32.1 Å². The van der Waals surface area contributed by atoms with Crippen LogP contribution in [0.1, 0.15) is 29.3 Å². The Hall–Kier alpha value is -4.00. The van der Waals surface area contributed by atoms with Crippen molar-refractivity contribution in [2.75, 3.05) is 0 Å². The normalized spacial score (nSPS) is 18.0. The Morgan fingerprint density at radius 3 is 2.53 bits per heavy atom. The highest BCUT2D eigenvalue weighted by atomic mass is 16.6. The number of fused-ring (bicyclic) bond motifs is 1. The van der Waals surface area contributed by atoms with Gasteiger partial charge in [-0.1, -0.05) is 60.7 Å². The van der Waals surface area contributed by atoms with Gasteiger partial charge in [0.15, 0.2) is 5.65 Å². The molecular weight excluding hydrogens is 406 g/mol. The minimum absolute atomic E-state index is 0.272. The van der Waals surface area contributed by atoms with Crippen molar-refractivity contribution in [3.8, 4) is 11.3 Å². The lowest BCUT2D eigenvalue weighted by Crippen LogP contribution is -2.23. The van der Waals surface area contributed by atoms with Crippen LogP contribution in [0.2, 0.25) is 0 Å². The molecule has 0 aliphatic carbocycles. The average molecular weight is 427 g/mol. The fraction of sp³-hybridized carbons (Fsp3) is 0.200. The summed E-state index contributed by atoms with van der Waals surface area (Å²) in [6, 6.07) is 21.2. The average Bonchev–Trinajstić information content (AvgIpc) is 3.36.